The zero-order valence-electron chi connectivity index (χ0n) is 10.2. The number of aryl methyl sites for hydroxylation is 1. The summed E-state index contributed by atoms with van der Waals surface area (Å²) in [5, 5.41) is 10.3. The highest BCUT2D eigenvalue weighted by Crippen LogP contribution is 2.33. The molecule has 0 fully saturated rings. The normalized spacial score (nSPS) is 25.2. The lowest BCUT2D eigenvalue weighted by Crippen LogP contribution is -2.35. The number of hydrogen-bond acceptors (Lipinski definition) is 2. The highest BCUT2D eigenvalue weighted by atomic mass is 16.5. The van der Waals surface area contributed by atoms with Gasteiger partial charge in [0.15, 0.2) is 0 Å². The van der Waals surface area contributed by atoms with Crippen molar-refractivity contribution < 1.29 is 9.84 Å². The fourth-order valence-corrected chi connectivity index (χ4v) is 2.28. The minimum absolute atomic E-state index is 0.0742. The third kappa shape index (κ3) is 2.45. The molecule has 2 atom stereocenters. The summed E-state index contributed by atoms with van der Waals surface area (Å²) in [7, 11) is 0. The summed E-state index contributed by atoms with van der Waals surface area (Å²) in [6.45, 7) is 6.08. The van der Waals surface area contributed by atoms with Crippen LogP contribution >= 0.6 is 0 Å². The Hall–Kier alpha value is -0.860. The number of ether oxygens (including phenoxy) is 1. The summed E-state index contributed by atoms with van der Waals surface area (Å²) >= 11 is 0. The minimum atomic E-state index is -0.482. The van der Waals surface area contributed by atoms with Crippen molar-refractivity contribution in [3.8, 4) is 0 Å². The molecule has 0 saturated heterocycles. The van der Waals surface area contributed by atoms with E-state index in [1.54, 1.807) is 0 Å². The van der Waals surface area contributed by atoms with Gasteiger partial charge in [-0.15, -0.1) is 0 Å². The number of rotatable bonds is 1. The van der Waals surface area contributed by atoms with E-state index in [-0.39, 0.29) is 11.7 Å². The zero-order chi connectivity index (χ0) is 11.8. The first-order valence-electron chi connectivity index (χ1n) is 5.91. The van der Waals surface area contributed by atoms with Crippen LogP contribution in [-0.2, 0) is 11.2 Å². The molecule has 1 N–H and O–H groups in total. The molecule has 0 amide bonds. The molecule has 88 valence electrons. The maximum Gasteiger partial charge on any atom is 0.105 e. The Balaban J connectivity index is 2.18. The van der Waals surface area contributed by atoms with E-state index in [1.807, 2.05) is 39.0 Å². The summed E-state index contributed by atoms with van der Waals surface area (Å²) in [6.07, 6.45) is 1.34. The van der Waals surface area contributed by atoms with Crippen LogP contribution in [0.15, 0.2) is 24.3 Å². The van der Waals surface area contributed by atoms with Crippen LogP contribution in [0, 0.1) is 0 Å². The van der Waals surface area contributed by atoms with Gasteiger partial charge in [-0.05, 0) is 44.7 Å². The smallest absolute Gasteiger partial charge is 0.105 e. The number of benzene rings is 1. The molecule has 0 heterocycles. The third-order valence-corrected chi connectivity index (χ3v) is 2.93. The van der Waals surface area contributed by atoms with E-state index in [0.29, 0.717) is 0 Å². The van der Waals surface area contributed by atoms with Crippen LogP contribution in [0.25, 0.3) is 0 Å². The monoisotopic (exact) mass is 220 g/mol. The number of hydrogen-bond donors (Lipinski definition) is 1. The molecule has 0 aromatic heterocycles. The second kappa shape index (κ2) is 4.19. The molecular weight excluding hydrogens is 200 g/mol. The van der Waals surface area contributed by atoms with E-state index in [0.717, 1.165) is 18.4 Å². The van der Waals surface area contributed by atoms with Crippen molar-refractivity contribution in [1.29, 1.82) is 0 Å². The van der Waals surface area contributed by atoms with Gasteiger partial charge in [0, 0.05) is 0 Å². The Kier molecular flexibility index (Phi) is 3.04. The van der Waals surface area contributed by atoms with Crippen molar-refractivity contribution in [3.05, 3.63) is 35.4 Å². The number of aliphatic hydroxyl groups excluding tert-OH is 1. The van der Waals surface area contributed by atoms with Crippen LogP contribution in [0.2, 0.25) is 0 Å². The summed E-state index contributed by atoms with van der Waals surface area (Å²) < 4.78 is 5.90. The van der Waals surface area contributed by atoms with E-state index >= 15 is 0 Å². The predicted molar refractivity (Wildman–Crippen MR) is 64.3 cm³/mol. The van der Waals surface area contributed by atoms with Gasteiger partial charge in [-0.1, -0.05) is 24.3 Å². The summed E-state index contributed by atoms with van der Waals surface area (Å²) in [6, 6.07) is 8.09. The van der Waals surface area contributed by atoms with Gasteiger partial charge >= 0.3 is 0 Å². The van der Waals surface area contributed by atoms with Gasteiger partial charge in [0.1, 0.15) is 6.10 Å². The van der Waals surface area contributed by atoms with Crippen molar-refractivity contribution >= 4 is 0 Å². The molecule has 0 radical (unpaired) electrons. The number of fused-ring (bicyclic) bond motifs is 1. The molecule has 1 aromatic rings. The van der Waals surface area contributed by atoms with Crippen molar-refractivity contribution in [1.82, 2.24) is 0 Å². The van der Waals surface area contributed by atoms with E-state index in [9.17, 15) is 5.11 Å². The summed E-state index contributed by atoms with van der Waals surface area (Å²) in [4.78, 5) is 0. The lowest BCUT2D eigenvalue weighted by molar-refractivity contribution is -0.118. The van der Waals surface area contributed by atoms with Crippen LogP contribution in [0.1, 0.15) is 44.4 Å². The lowest BCUT2D eigenvalue weighted by atomic mass is 9.87. The Morgan fingerprint density at radius 1 is 1.25 bits per heavy atom. The van der Waals surface area contributed by atoms with Gasteiger partial charge in [0.2, 0.25) is 0 Å². The number of aliphatic hydroxyl groups is 1. The molecule has 0 saturated carbocycles. The SMILES string of the molecule is CC(C)(C)OC1CCc2ccccc2C1O. The maximum absolute atomic E-state index is 10.3. The van der Waals surface area contributed by atoms with Gasteiger partial charge in [-0.25, -0.2) is 0 Å². The Bertz CT molecular complexity index is 365. The first-order chi connectivity index (χ1) is 7.47. The topological polar surface area (TPSA) is 29.5 Å². The molecule has 2 unspecified atom stereocenters. The van der Waals surface area contributed by atoms with Gasteiger partial charge in [0.05, 0.1) is 11.7 Å². The molecule has 2 heteroatoms. The average molecular weight is 220 g/mol. The first-order valence-corrected chi connectivity index (χ1v) is 5.91. The van der Waals surface area contributed by atoms with E-state index < -0.39 is 6.10 Å². The zero-order valence-corrected chi connectivity index (χ0v) is 10.2. The predicted octanol–water partition coefficient (Wildman–Crippen LogP) is 2.85. The van der Waals surface area contributed by atoms with Crippen molar-refractivity contribution in [2.24, 2.45) is 0 Å². The average Bonchev–Trinajstić information content (AvgIpc) is 2.21. The molecule has 1 aliphatic rings. The molecule has 0 spiro atoms. The molecular formula is C14H20O2. The van der Waals surface area contributed by atoms with E-state index in [2.05, 4.69) is 6.07 Å². The molecule has 1 aliphatic carbocycles. The highest BCUT2D eigenvalue weighted by molar-refractivity contribution is 5.32. The van der Waals surface area contributed by atoms with Crippen molar-refractivity contribution in [2.45, 2.75) is 51.4 Å². The lowest BCUT2D eigenvalue weighted by Gasteiger charge is -2.34. The van der Waals surface area contributed by atoms with Crippen LogP contribution in [0.3, 0.4) is 0 Å². The standard InChI is InChI=1S/C14H20O2/c1-14(2,3)16-12-9-8-10-6-4-5-7-11(10)13(12)15/h4-7,12-13,15H,8-9H2,1-3H3. The Labute approximate surface area is 97.3 Å². The quantitative estimate of drug-likeness (QED) is 0.788. The van der Waals surface area contributed by atoms with Gasteiger partial charge < -0.3 is 9.84 Å². The highest BCUT2D eigenvalue weighted by Gasteiger charge is 2.31. The van der Waals surface area contributed by atoms with Crippen LogP contribution in [-0.4, -0.2) is 16.8 Å². The molecule has 0 bridgehead atoms. The first kappa shape index (κ1) is 11.6. The fourth-order valence-electron chi connectivity index (χ4n) is 2.28. The van der Waals surface area contributed by atoms with Crippen LogP contribution in [0.4, 0.5) is 0 Å². The Morgan fingerprint density at radius 3 is 2.62 bits per heavy atom. The van der Waals surface area contributed by atoms with Crippen molar-refractivity contribution in [3.63, 3.8) is 0 Å². The Morgan fingerprint density at radius 2 is 1.94 bits per heavy atom. The fraction of sp³-hybridized carbons (Fsp3) is 0.571. The minimum Gasteiger partial charge on any atom is -0.386 e. The molecule has 2 rings (SSSR count). The second-order valence-corrected chi connectivity index (χ2v) is 5.45. The largest absolute Gasteiger partial charge is 0.386 e. The van der Waals surface area contributed by atoms with Gasteiger partial charge in [0.25, 0.3) is 0 Å². The van der Waals surface area contributed by atoms with Crippen LogP contribution < -0.4 is 0 Å². The van der Waals surface area contributed by atoms with Gasteiger partial charge in [-0.3, -0.25) is 0 Å². The second-order valence-electron chi connectivity index (χ2n) is 5.45. The summed E-state index contributed by atoms with van der Waals surface area (Å²) in [5.41, 5.74) is 2.09. The van der Waals surface area contributed by atoms with E-state index in [1.165, 1.54) is 5.56 Å². The molecule has 2 nitrogen and oxygen atoms in total. The molecule has 1 aromatic carbocycles. The van der Waals surface area contributed by atoms with E-state index in [4.69, 9.17) is 4.74 Å². The summed E-state index contributed by atoms with van der Waals surface area (Å²) in [5.74, 6) is 0. The van der Waals surface area contributed by atoms with Crippen LogP contribution in [0.5, 0.6) is 0 Å². The molecule has 0 aliphatic heterocycles. The maximum atomic E-state index is 10.3. The third-order valence-electron chi connectivity index (χ3n) is 2.93. The van der Waals surface area contributed by atoms with Gasteiger partial charge in [-0.2, -0.15) is 0 Å². The molecule has 16 heavy (non-hydrogen) atoms. The van der Waals surface area contributed by atoms with Crippen molar-refractivity contribution in [2.75, 3.05) is 0 Å².